The van der Waals surface area contributed by atoms with E-state index < -0.39 is 17.4 Å². The molecule has 1 N–H and O–H groups in total. The molecular weight excluding hydrogens is 336 g/mol. The van der Waals surface area contributed by atoms with Gasteiger partial charge in [-0.2, -0.15) is 5.26 Å². The van der Waals surface area contributed by atoms with Crippen LogP contribution in [0.15, 0.2) is 28.7 Å². The van der Waals surface area contributed by atoms with E-state index in [9.17, 15) is 9.59 Å². The predicted octanol–water partition coefficient (Wildman–Crippen LogP) is 2.41. The third kappa shape index (κ3) is 4.05. The van der Waals surface area contributed by atoms with Crippen molar-refractivity contribution in [2.24, 2.45) is 5.92 Å². The zero-order chi connectivity index (χ0) is 15.5. The third-order valence-corrected chi connectivity index (χ3v) is 3.97. The third-order valence-electron chi connectivity index (χ3n) is 3.44. The maximum absolute atomic E-state index is 11.8. The molecular formula is C15H15BrN2O3. The number of carbonyl (C=O) groups excluding carboxylic acids is 2. The van der Waals surface area contributed by atoms with Crippen LogP contribution in [0.1, 0.15) is 30.1 Å². The minimum Gasteiger partial charge on any atom is -0.452 e. The van der Waals surface area contributed by atoms with Crippen molar-refractivity contribution in [3.63, 3.8) is 0 Å². The molecule has 2 rings (SSSR count). The number of carbonyl (C=O) groups is 2. The van der Waals surface area contributed by atoms with Crippen LogP contribution in [-0.4, -0.2) is 24.0 Å². The summed E-state index contributed by atoms with van der Waals surface area (Å²) in [6.45, 7) is 1.30. The maximum atomic E-state index is 11.8. The average Bonchev–Trinajstić information content (AvgIpc) is 3.30. The molecule has 0 unspecified atom stereocenters. The van der Waals surface area contributed by atoms with Crippen LogP contribution in [0.25, 0.3) is 0 Å². The molecule has 1 amide bonds. The Kier molecular flexibility index (Phi) is 4.63. The highest BCUT2D eigenvalue weighted by Crippen LogP contribution is 2.39. The largest absolute Gasteiger partial charge is 0.452 e. The van der Waals surface area contributed by atoms with E-state index in [1.807, 2.05) is 0 Å². The zero-order valence-corrected chi connectivity index (χ0v) is 13.1. The fourth-order valence-electron chi connectivity index (χ4n) is 2.01. The molecule has 110 valence electrons. The number of esters is 1. The van der Waals surface area contributed by atoms with Crippen molar-refractivity contribution in [1.29, 1.82) is 5.26 Å². The number of hydrogen-bond acceptors (Lipinski definition) is 4. The van der Waals surface area contributed by atoms with Gasteiger partial charge in [-0.3, -0.25) is 4.79 Å². The van der Waals surface area contributed by atoms with E-state index in [0.29, 0.717) is 5.56 Å². The molecule has 1 saturated carbocycles. The molecule has 1 aliphatic carbocycles. The van der Waals surface area contributed by atoms with Crippen molar-refractivity contribution < 1.29 is 14.3 Å². The molecule has 0 radical (unpaired) electrons. The quantitative estimate of drug-likeness (QED) is 0.827. The van der Waals surface area contributed by atoms with Crippen LogP contribution in [0.3, 0.4) is 0 Å². The highest BCUT2D eigenvalue weighted by atomic mass is 79.9. The average molecular weight is 351 g/mol. The summed E-state index contributed by atoms with van der Waals surface area (Å²) < 4.78 is 5.80. The van der Waals surface area contributed by atoms with Gasteiger partial charge in [0.2, 0.25) is 0 Å². The predicted molar refractivity (Wildman–Crippen MR) is 79.3 cm³/mol. The van der Waals surface area contributed by atoms with Crippen LogP contribution in [0.2, 0.25) is 0 Å². The van der Waals surface area contributed by atoms with Crippen molar-refractivity contribution >= 4 is 27.8 Å². The van der Waals surface area contributed by atoms with Gasteiger partial charge in [0.15, 0.2) is 6.61 Å². The summed E-state index contributed by atoms with van der Waals surface area (Å²) in [5.41, 5.74) is -0.502. The Labute approximate surface area is 131 Å². The van der Waals surface area contributed by atoms with E-state index in [-0.39, 0.29) is 12.5 Å². The Balaban J connectivity index is 1.85. The van der Waals surface area contributed by atoms with Crippen molar-refractivity contribution in [3.8, 4) is 6.07 Å². The molecule has 1 atom stereocenters. The van der Waals surface area contributed by atoms with E-state index in [4.69, 9.17) is 10.00 Å². The lowest BCUT2D eigenvalue weighted by molar-refractivity contribution is -0.125. The first-order chi connectivity index (χ1) is 9.94. The maximum Gasteiger partial charge on any atom is 0.338 e. The minimum absolute atomic E-state index is 0.189. The van der Waals surface area contributed by atoms with Crippen molar-refractivity contribution in [2.45, 2.75) is 25.3 Å². The standard InChI is InChI=1S/C15H15BrN2O3/c1-15(9-17,11-4-5-11)18-13(19)8-21-14(20)10-2-6-12(16)7-3-10/h2-3,6-7,11H,4-5,8H2,1H3,(H,18,19)/t15-/m1/s1. The second-order valence-corrected chi connectivity index (χ2v) is 6.14. The Morgan fingerprint density at radius 1 is 1.43 bits per heavy atom. The Morgan fingerprint density at radius 3 is 2.57 bits per heavy atom. The highest BCUT2D eigenvalue weighted by Gasteiger charge is 2.43. The summed E-state index contributed by atoms with van der Waals surface area (Å²) >= 11 is 3.27. The van der Waals surface area contributed by atoms with Gasteiger partial charge < -0.3 is 10.1 Å². The number of amides is 1. The molecule has 6 heteroatoms. The second kappa shape index (κ2) is 6.27. The fourth-order valence-corrected chi connectivity index (χ4v) is 2.27. The van der Waals surface area contributed by atoms with E-state index in [0.717, 1.165) is 17.3 Å². The lowest BCUT2D eigenvalue weighted by atomic mass is 9.98. The minimum atomic E-state index is -0.874. The van der Waals surface area contributed by atoms with E-state index in [1.54, 1.807) is 31.2 Å². The van der Waals surface area contributed by atoms with E-state index in [1.165, 1.54) is 0 Å². The van der Waals surface area contributed by atoms with Gasteiger partial charge in [0.05, 0.1) is 11.6 Å². The smallest absolute Gasteiger partial charge is 0.338 e. The monoisotopic (exact) mass is 350 g/mol. The second-order valence-electron chi connectivity index (χ2n) is 5.22. The van der Waals surface area contributed by atoms with Gasteiger partial charge in [0, 0.05) is 4.47 Å². The molecule has 1 aromatic rings. The number of nitriles is 1. The van der Waals surface area contributed by atoms with Crippen LogP contribution in [-0.2, 0) is 9.53 Å². The summed E-state index contributed by atoms with van der Waals surface area (Å²) in [6.07, 6.45) is 1.87. The summed E-state index contributed by atoms with van der Waals surface area (Å²) in [6, 6.07) is 8.77. The van der Waals surface area contributed by atoms with Gasteiger partial charge in [-0.15, -0.1) is 0 Å². The van der Waals surface area contributed by atoms with Gasteiger partial charge in [-0.05, 0) is 49.9 Å². The summed E-state index contributed by atoms with van der Waals surface area (Å²) in [5.74, 6) is -0.840. The number of rotatable bonds is 5. The number of halogens is 1. The number of hydrogen-bond donors (Lipinski definition) is 1. The number of nitrogens with zero attached hydrogens (tertiary/aromatic N) is 1. The van der Waals surface area contributed by atoms with Gasteiger partial charge in [-0.1, -0.05) is 15.9 Å². The van der Waals surface area contributed by atoms with Crippen molar-refractivity contribution in [2.75, 3.05) is 6.61 Å². The first-order valence-electron chi connectivity index (χ1n) is 6.59. The normalized spacial score (nSPS) is 16.4. The first-order valence-corrected chi connectivity index (χ1v) is 7.39. The Bertz CT molecular complexity index is 590. The molecule has 1 aromatic carbocycles. The number of benzene rings is 1. The van der Waals surface area contributed by atoms with Crippen molar-refractivity contribution in [3.05, 3.63) is 34.3 Å². The number of nitrogens with one attached hydrogen (secondary N) is 1. The number of ether oxygens (including phenoxy) is 1. The molecule has 0 saturated heterocycles. The van der Waals surface area contributed by atoms with Crippen LogP contribution >= 0.6 is 15.9 Å². The molecule has 0 spiro atoms. The van der Waals surface area contributed by atoms with E-state index in [2.05, 4.69) is 27.3 Å². The van der Waals surface area contributed by atoms with Gasteiger partial charge in [0.25, 0.3) is 5.91 Å². The van der Waals surface area contributed by atoms with Crippen LogP contribution in [0.4, 0.5) is 0 Å². The molecule has 21 heavy (non-hydrogen) atoms. The molecule has 0 aromatic heterocycles. The van der Waals surface area contributed by atoms with E-state index >= 15 is 0 Å². The molecule has 0 aliphatic heterocycles. The first kappa shape index (κ1) is 15.5. The van der Waals surface area contributed by atoms with Crippen LogP contribution in [0, 0.1) is 17.2 Å². The van der Waals surface area contributed by atoms with Gasteiger partial charge in [0.1, 0.15) is 5.54 Å². The highest BCUT2D eigenvalue weighted by molar-refractivity contribution is 9.10. The SMILES string of the molecule is C[C@](C#N)(NC(=O)COC(=O)c1ccc(Br)cc1)C1CC1. The topological polar surface area (TPSA) is 79.2 Å². The molecule has 1 aliphatic rings. The van der Waals surface area contributed by atoms with Crippen LogP contribution in [0.5, 0.6) is 0 Å². The Morgan fingerprint density at radius 2 is 2.05 bits per heavy atom. The Hall–Kier alpha value is -1.87. The summed E-state index contributed by atoms with van der Waals surface area (Å²) in [5, 5.41) is 11.8. The van der Waals surface area contributed by atoms with Crippen LogP contribution < -0.4 is 5.32 Å². The summed E-state index contributed by atoms with van der Waals surface area (Å²) in [4.78, 5) is 23.6. The molecule has 0 heterocycles. The summed E-state index contributed by atoms with van der Waals surface area (Å²) in [7, 11) is 0. The fraction of sp³-hybridized carbons (Fsp3) is 0.400. The zero-order valence-electron chi connectivity index (χ0n) is 11.6. The molecule has 0 bridgehead atoms. The lowest BCUT2D eigenvalue weighted by Gasteiger charge is -2.22. The molecule has 5 nitrogen and oxygen atoms in total. The molecule has 1 fully saturated rings. The van der Waals surface area contributed by atoms with Gasteiger partial charge in [-0.25, -0.2) is 4.79 Å². The van der Waals surface area contributed by atoms with Gasteiger partial charge >= 0.3 is 5.97 Å². The van der Waals surface area contributed by atoms with Crippen molar-refractivity contribution in [1.82, 2.24) is 5.32 Å². The lowest BCUT2D eigenvalue weighted by Crippen LogP contribution is -2.48.